The number of anilines is 1. The predicted molar refractivity (Wildman–Crippen MR) is 96.4 cm³/mol. The van der Waals surface area contributed by atoms with Crippen LogP contribution >= 0.6 is 0 Å². The Morgan fingerprint density at radius 1 is 1.08 bits per heavy atom. The summed E-state index contributed by atoms with van der Waals surface area (Å²) in [5.74, 6) is 0.912. The third kappa shape index (κ3) is 4.03. The van der Waals surface area contributed by atoms with Crippen LogP contribution in [0.5, 0.6) is 0 Å². The van der Waals surface area contributed by atoms with Crippen molar-refractivity contribution in [3.63, 3.8) is 0 Å². The van der Waals surface area contributed by atoms with Gasteiger partial charge >= 0.3 is 0 Å². The molecule has 6 nitrogen and oxygen atoms in total. The number of amides is 1. The molecule has 1 heterocycles. The molecule has 0 saturated carbocycles. The standard InChI is InChI=1S/C19H20N4O2/c1-13-21-18(22-25-13)15-6-8-16(9-7-15)19(24)20-12-14-4-10-17(11-5-14)23(2)3/h4-11H,12H2,1-3H3,(H,20,24). The van der Waals surface area contributed by atoms with Crippen LogP contribution in [0.2, 0.25) is 0 Å². The highest BCUT2D eigenvalue weighted by atomic mass is 16.5. The second-order valence-electron chi connectivity index (χ2n) is 5.96. The van der Waals surface area contributed by atoms with Crippen molar-refractivity contribution in [1.82, 2.24) is 15.5 Å². The highest BCUT2D eigenvalue weighted by molar-refractivity contribution is 5.94. The summed E-state index contributed by atoms with van der Waals surface area (Å²) < 4.78 is 4.96. The molecule has 0 unspecified atom stereocenters. The van der Waals surface area contributed by atoms with Crippen LogP contribution in [0.4, 0.5) is 5.69 Å². The number of nitrogens with one attached hydrogen (secondary N) is 1. The van der Waals surface area contributed by atoms with Crippen molar-refractivity contribution < 1.29 is 9.32 Å². The molecule has 25 heavy (non-hydrogen) atoms. The molecule has 0 radical (unpaired) electrons. The van der Waals surface area contributed by atoms with Gasteiger partial charge in [0.1, 0.15) is 0 Å². The lowest BCUT2D eigenvalue weighted by molar-refractivity contribution is 0.0951. The quantitative estimate of drug-likeness (QED) is 0.775. The highest BCUT2D eigenvalue weighted by Gasteiger charge is 2.09. The molecule has 1 aromatic heterocycles. The van der Waals surface area contributed by atoms with Crippen LogP contribution in [-0.2, 0) is 6.54 Å². The van der Waals surface area contributed by atoms with E-state index in [4.69, 9.17) is 4.52 Å². The fourth-order valence-electron chi connectivity index (χ4n) is 2.38. The third-order valence-corrected chi connectivity index (χ3v) is 3.84. The van der Waals surface area contributed by atoms with Crippen molar-refractivity contribution in [2.45, 2.75) is 13.5 Å². The Labute approximate surface area is 146 Å². The van der Waals surface area contributed by atoms with E-state index in [0.717, 1.165) is 16.8 Å². The Morgan fingerprint density at radius 3 is 2.32 bits per heavy atom. The van der Waals surface area contributed by atoms with Crippen LogP contribution < -0.4 is 10.2 Å². The molecule has 3 aromatic rings. The van der Waals surface area contributed by atoms with E-state index in [9.17, 15) is 4.79 Å². The van der Waals surface area contributed by atoms with Crippen molar-refractivity contribution in [2.75, 3.05) is 19.0 Å². The summed E-state index contributed by atoms with van der Waals surface area (Å²) in [6.45, 7) is 2.22. The van der Waals surface area contributed by atoms with E-state index in [1.54, 1.807) is 19.1 Å². The number of benzene rings is 2. The smallest absolute Gasteiger partial charge is 0.251 e. The summed E-state index contributed by atoms with van der Waals surface area (Å²) in [5.41, 5.74) is 3.58. The molecular weight excluding hydrogens is 316 g/mol. The fraction of sp³-hybridized carbons (Fsp3) is 0.211. The van der Waals surface area contributed by atoms with Gasteiger partial charge < -0.3 is 14.7 Å². The predicted octanol–water partition coefficient (Wildman–Crippen LogP) is 3.04. The summed E-state index contributed by atoms with van der Waals surface area (Å²) in [6.07, 6.45) is 0. The molecule has 0 aliphatic carbocycles. The molecule has 6 heteroatoms. The highest BCUT2D eigenvalue weighted by Crippen LogP contribution is 2.16. The van der Waals surface area contributed by atoms with E-state index in [2.05, 4.69) is 15.5 Å². The monoisotopic (exact) mass is 336 g/mol. The van der Waals surface area contributed by atoms with Crippen LogP contribution in [0.25, 0.3) is 11.4 Å². The van der Waals surface area contributed by atoms with E-state index < -0.39 is 0 Å². The maximum Gasteiger partial charge on any atom is 0.251 e. The number of hydrogen-bond acceptors (Lipinski definition) is 5. The van der Waals surface area contributed by atoms with Crippen molar-refractivity contribution >= 4 is 11.6 Å². The average molecular weight is 336 g/mol. The maximum absolute atomic E-state index is 12.3. The van der Waals surface area contributed by atoms with Gasteiger partial charge in [0.15, 0.2) is 0 Å². The molecule has 0 saturated heterocycles. The fourth-order valence-corrected chi connectivity index (χ4v) is 2.38. The van der Waals surface area contributed by atoms with Crippen molar-refractivity contribution in [3.05, 3.63) is 65.5 Å². The van der Waals surface area contributed by atoms with Gasteiger partial charge in [0.2, 0.25) is 11.7 Å². The number of carbonyl (C=O) groups is 1. The topological polar surface area (TPSA) is 71.3 Å². The molecule has 0 atom stereocenters. The van der Waals surface area contributed by atoms with Crippen LogP contribution in [0, 0.1) is 6.92 Å². The normalized spacial score (nSPS) is 10.5. The SMILES string of the molecule is Cc1nc(-c2ccc(C(=O)NCc3ccc(N(C)C)cc3)cc2)no1. The Balaban J connectivity index is 1.61. The van der Waals surface area contributed by atoms with Gasteiger partial charge in [-0.3, -0.25) is 4.79 Å². The van der Waals surface area contributed by atoms with Crippen molar-refractivity contribution in [1.29, 1.82) is 0 Å². The first-order valence-corrected chi connectivity index (χ1v) is 7.98. The van der Waals surface area contributed by atoms with Crippen LogP contribution in [0.3, 0.4) is 0 Å². The molecule has 0 spiro atoms. The first-order chi connectivity index (χ1) is 12.0. The third-order valence-electron chi connectivity index (χ3n) is 3.84. The average Bonchev–Trinajstić information content (AvgIpc) is 3.06. The first-order valence-electron chi connectivity index (χ1n) is 7.98. The minimum Gasteiger partial charge on any atom is -0.378 e. The number of carbonyl (C=O) groups excluding carboxylic acids is 1. The van der Waals surface area contributed by atoms with Gasteiger partial charge in [0.25, 0.3) is 5.91 Å². The molecular formula is C19H20N4O2. The van der Waals surface area contributed by atoms with E-state index >= 15 is 0 Å². The van der Waals surface area contributed by atoms with E-state index in [0.29, 0.717) is 23.8 Å². The van der Waals surface area contributed by atoms with E-state index in [-0.39, 0.29) is 5.91 Å². The van der Waals surface area contributed by atoms with Gasteiger partial charge in [0, 0.05) is 44.4 Å². The van der Waals surface area contributed by atoms with Gasteiger partial charge in [-0.25, -0.2) is 0 Å². The minimum atomic E-state index is -0.118. The van der Waals surface area contributed by atoms with Gasteiger partial charge in [-0.1, -0.05) is 29.4 Å². The summed E-state index contributed by atoms with van der Waals surface area (Å²) in [5, 5.41) is 6.79. The maximum atomic E-state index is 12.3. The first kappa shape index (κ1) is 16.7. The second kappa shape index (κ2) is 7.17. The summed E-state index contributed by atoms with van der Waals surface area (Å²) in [4.78, 5) is 18.5. The van der Waals surface area contributed by atoms with Crippen LogP contribution in [0.15, 0.2) is 53.1 Å². The number of aryl methyl sites for hydroxylation is 1. The van der Waals surface area contributed by atoms with Crippen molar-refractivity contribution in [3.8, 4) is 11.4 Å². The number of rotatable bonds is 5. The summed E-state index contributed by atoms with van der Waals surface area (Å²) in [6, 6.07) is 15.2. The molecule has 1 amide bonds. The van der Waals surface area contributed by atoms with Gasteiger partial charge in [-0.2, -0.15) is 4.98 Å². The largest absolute Gasteiger partial charge is 0.378 e. The van der Waals surface area contributed by atoms with Crippen molar-refractivity contribution in [2.24, 2.45) is 0 Å². The second-order valence-corrected chi connectivity index (χ2v) is 5.96. The summed E-state index contributed by atoms with van der Waals surface area (Å²) >= 11 is 0. The van der Waals surface area contributed by atoms with Gasteiger partial charge in [-0.05, 0) is 29.8 Å². The van der Waals surface area contributed by atoms with E-state index in [1.165, 1.54) is 0 Å². The number of hydrogen-bond donors (Lipinski definition) is 1. The molecule has 1 N–H and O–H groups in total. The zero-order valence-corrected chi connectivity index (χ0v) is 14.5. The molecule has 0 aliphatic rings. The molecule has 0 fully saturated rings. The zero-order chi connectivity index (χ0) is 17.8. The molecule has 3 rings (SSSR count). The lowest BCUT2D eigenvalue weighted by Crippen LogP contribution is -2.22. The minimum absolute atomic E-state index is 0.118. The number of nitrogens with zero attached hydrogens (tertiary/aromatic N) is 3. The van der Waals surface area contributed by atoms with Crippen LogP contribution in [0.1, 0.15) is 21.8 Å². The Morgan fingerprint density at radius 2 is 1.76 bits per heavy atom. The number of aromatic nitrogens is 2. The Bertz CT molecular complexity index is 852. The lowest BCUT2D eigenvalue weighted by Gasteiger charge is -2.13. The molecule has 2 aromatic carbocycles. The molecule has 0 aliphatic heterocycles. The van der Waals surface area contributed by atoms with Gasteiger partial charge in [0.05, 0.1) is 0 Å². The van der Waals surface area contributed by atoms with Crippen LogP contribution in [-0.4, -0.2) is 30.1 Å². The van der Waals surface area contributed by atoms with E-state index in [1.807, 2.05) is 55.4 Å². The van der Waals surface area contributed by atoms with Gasteiger partial charge in [-0.15, -0.1) is 0 Å². The summed E-state index contributed by atoms with van der Waals surface area (Å²) in [7, 11) is 3.99. The lowest BCUT2D eigenvalue weighted by atomic mass is 10.1. The zero-order valence-electron chi connectivity index (χ0n) is 14.5. The Hall–Kier alpha value is -3.15. The molecule has 0 bridgehead atoms. The molecule has 128 valence electrons. The Kier molecular flexibility index (Phi) is 4.79.